The highest BCUT2D eigenvalue weighted by molar-refractivity contribution is 14.0. The predicted octanol–water partition coefficient (Wildman–Crippen LogP) is 3.66. The molecule has 0 aromatic carbocycles. The van der Waals surface area contributed by atoms with E-state index in [0.29, 0.717) is 6.04 Å². The standard InChI is InChI=1S/C16H25ClN4S.HI/c1-18-16(19-11-14-5-6-15(17)22-14)21-10-7-13(12-21)20-8-3-2-4-9-20;/h5-6,13H,2-4,7-12H2,1H3,(H,18,19);1H. The summed E-state index contributed by atoms with van der Waals surface area (Å²) in [5, 5.41) is 3.47. The maximum Gasteiger partial charge on any atom is 0.193 e. The molecule has 2 aliphatic heterocycles. The molecule has 1 aromatic heterocycles. The molecule has 0 spiro atoms. The van der Waals surface area contributed by atoms with Gasteiger partial charge in [0.25, 0.3) is 0 Å². The summed E-state index contributed by atoms with van der Waals surface area (Å²) in [6.07, 6.45) is 5.39. The highest BCUT2D eigenvalue weighted by atomic mass is 127. The fraction of sp³-hybridized carbons (Fsp3) is 0.688. The largest absolute Gasteiger partial charge is 0.351 e. The topological polar surface area (TPSA) is 30.9 Å². The van der Waals surface area contributed by atoms with E-state index >= 15 is 0 Å². The number of likely N-dealkylation sites (tertiary alicyclic amines) is 2. The van der Waals surface area contributed by atoms with Crippen LogP contribution in [0.2, 0.25) is 4.34 Å². The first kappa shape index (κ1) is 19.3. The molecule has 23 heavy (non-hydrogen) atoms. The van der Waals surface area contributed by atoms with E-state index < -0.39 is 0 Å². The molecule has 2 aliphatic rings. The molecule has 130 valence electrons. The summed E-state index contributed by atoms with van der Waals surface area (Å²) >= 11 is 7.61. The monoisotopic (exact) mass is 468 g/mol. The first-order valence-electron chi connectivity index (χ1n) is 8.20. The Labute approximate surface area is 165 Å². The maximum absolute atomic E-state index is 5.99. The lowest BCUT2D eigenvalue weighted by molar-refractivity contribution is 0.168. The Balaban J connectivity index is 0.00000192. The lowest BCUT2D eigenvalue weighted by Crippen LogP contribution is -2.44. The number of piperidine rings is 1. The highest BCUT2D eigenvalue weighted by Crippen LogP contribution is 2.22. The molecule has 0 amide bonds. The number of nitrogens with one attached hydrogen (secondary N) is 1. The van der Waals surface area contributed by atoms with Gasteiger partial charge in [-0.1, -0.05) is 18.0 Å². The number of aliphatic imine (C=N–C) groups is 1. The van der Waals surface area contributed by atoms with Gasteiger partial charge in [0.05, 0.1) is 10.9 Å². The number of thiophene rings is 1. The van der Waals surface area contributed by atoms with Crippen molar-refractivity contribution in [3.8, 4) is 0 Å². The van der Waals surface area contributed by atoms with E-state index in [0.717, 1.165) is 29.9 Å². The van der Waals surface area contributed by atoms with Gasteiger partial charge < -0.3 is 10.2 Å². The van der Waals surface area contributed by atoms with Crippen LogP contribution in [0.4, 0.5) is 0 Å². The molecule has 3 heterocycles. The second-order valence-electron chi connectivity index (χ2n) is 6.09. The van der Waals surface area contributed by atoms with E-state index in [1.165, 1.54) is 43.6 Å². The van der Waals surface area contributed by atoms with Crippen LogP contribution in [-0.4, -0.2) is 55.0 Å². The van der Waals surface area contributed by atoms with E-state index in [-0.39, 0.29) is 24.0 Å². The van der Waals surface area contributed by atoms with Crippen molar-refractivity contribution in [2.45, 2.75) is 38.3 Å². The molecule has 4 nitrogen and oxygen atoms in total. The first-order valence-corrected chi connectivity index (χ1v) is 9.39. The summed E-state index contributed by atoms with van der Waals surface area (Å²) in [5.74, 6) is 1.02. The van der Waals surface area contributed by atoms with E-state index in [1.807, 2.05) is 13.1 Å². The molecule has 1 unspecified atom stereocenters. The van der Waals surface area contributed by atoms with Crippen molar-refractivity contribution >= 4 is 52.9 Å². The van der Waals surface area contributed by atoms with Crippen LogP contribution in [0.15, 0.2) is 17.1 Å². The fourth-order valence-corrected chi connectivity index (χ4v) is 4.49. The van der Waals surface area contributed by atoms with Gasteiger partial charge in [0, 0.05) is 31.1 Å². The minimum absolute atomic E-state index is 0. The van der Waals surface area contributed by atoms with E-state index in [1.54, 1.807) is 11.3 Å². The smallest absolute Gasteiger partial charge is 0.193 e. The molecule has 3 rings (SSSR count). The molecule has 0 bridgehead atoms. The van der Waals surface area contributed by atoms with Gasteiger partial charge in [0.1, 0.15) is 0 Å². The molecule has 1 aromatic rings. The van der Waals surface area contributed by atoms with Crippen LogP contribution >= 0.6 is 46.9 Å². The normalized spacial score (nSPS) is 23.0. The van der Waals surface area contributed by atoms with E-state index in [2.05, 4.69) is 26.2 Å². The zero-order valence-corrected chi connectivity index (χ0v) is 17.5. The van der Waals surface area contributed by atoms with Crippen molar-refractivity contribution in [1.82, 2.24) is 15.1 Å². The van der Waals surface area contributed by atoms with Gasteiger partial charge in [-0.2, -0.15) is 0 Å². The van der Waals surface area contributed by atoms with Crippen molar-refractivity contribution in [2.75, 3.05) is 33.2 Å². The average Bonchev–Trinajstić information content (AvgIpc) is 3.18. The Hall–Kier alpha value is -0.0500. The summed E-state index contributed by atoms with van der Waals surface area (Å²) in [4.78, 5) is 10.8. The van der Waals surface area contributed by atoms with Gasteiger partial charge in [0.15, 0.2) is 5.96 Å². The van der Waals surface area contributed by atoms with Crippen molar-refractivity contribution in [3.05, 3.63) is 21.3 Å². The number of hydrogen-bond donors (Lipinski definition) is 1. The zero-order chi connectivity index (χ0) is 15.4. The number of hydrogen-bond acceptors (Lipinski definition) is 3. The lowest BCUT2D eigenvalue weighted by atomic mass is 10.1. The summed E-state index contributed by atoms with van der Waals surface area (Å²) < 4.78 is 0.845. The highest BCUT2D eigenvalue weighted by Gasteiger charge is 2.29. The predicted molar refractivity (Wildman–Crippen MR) is 110 cm³/mol. The number of halogens is 2. The van der Waals surface area contributed by atoms with Gasteiger partial charge in [-0.25, -0.2) is 0 Å². The SMILES string of the molecule is CN=C(NCc1ccc(Cl)s1)N1CCC(N2CCCCC2)C1.I. The van der Waals surface area contributed by atoms with Crippen LogP contribution < -0.4 is 5.32 Å². The van der Waals surface area contributed by atoms with Gasteiger partial charge >= 0.3 is 0 Å². The molecule has 7 heteroatoms. The molecule has 2 fully saturated rings. The summed E-state index contributed by atoms with van der Waals surface area (Å²) in [7, 11) is 1.87. The van der Waals surface area contributed by atoms with Crippen LogP contribution in [-0.2, 0) is 6.54 Å². The minimum atomic E-state index is 0. The molecule has 0 saturated carbocycles. The van der Waals surface area contributed by atoms with Crippen molar-refractivity contribution in [1.29, 1.82) is 0 Å². The average molecular weight is 469 g/mol. The fourth-order valence-electron chi connectivity index (χ4n) is 3.46. The van der Waals surface area contributed by atoms with Gasteiger partial charge in [-0.3, -0.25) is 9.89 Å². The molecular weight excluding hydrogens is 443 g/mol. The molecule has 0 radical (unpaired) electrons. The van der Waals surface area contributed by atoms with Crippen LogP contribution in [0.25, 0.3) is 0 Å². The van der Waals surface area contributed by atoms with Crippen LogP contribution in [0.3, 0.4) is 0 Å². The van der Waals surface area contributed by atoms with E-state index in [4.69, 9.17) is 11.6 Å². The Morgan fingerprint density at radius 2 is 2.09 bits per heavy atom. The molecular formula is C16H26ClIN4S. The second kappa shape index (κ2) is 9.44. The minimum Gasteiger partial charge on any atom is -0.351 e. The second-order valence-corrected chi connectivity index (χ2v) is 7.89. The van der Waals surface area contributed by atoms with Gasteiger partial charge in [-0.05, 0) is 44.5 Å². The third-order valence-corrected chi connectivity index (χ3v) is 5.86. The number of nitrogens with zero attached hydrogens (tertiary/aromatic N) is 3. The first-order chi connectivity index (χ1) is 10.8. The molecule has 1 atom stereocenters. The maximum atomic E-state index is 5.99. The van der Waals surface area contributed by atoms with Crippen LogP contribution in [0.1, 0.15) is 30.6 Å². The van der Waals surface area contributed by atoms with Crippen molar-refractivity contribution in [2.24, 2.45) is 4.99 Å². The molecule has 2 saturated heterocycles. The van der Waals surface area contributed by atoms with Crippen molar-refractivity contribution in [3.63, 3.8) is 0 Å². The summed E-state index contributed by atoms with van der Waals surface area (Å²) in [6.45, 7) is 5.56. The van der Waals surface area contributed by atoms with Crippen LogP contribution in [0.5, 0.6) is 0 Å². The Morgan fingerprint density at radius 1 is 1.30 bits per heavy atom. The summed E-state index contributed by atoms with van der Waals surface area (Å²) in [5.41, 5.74) is 0. The third-order valence-electron chi connectivity index (χ3n) is 4.63. The molecule has 1 N–H and O–H groups in total. The Bertz CT molecular complexity index is 516. The number of rotatable bonds is 3. The lowest BCUT2D eigenvalue weighted by Gasteiger charge is -2.32. The van der Waals surface area contributed by atoms with Gasteiger partial charge in [0.2, 0.25) is 0 Å². The van der Waals surface area contributed by atoms with Crippen LogP contribution in [0, 0.1) is 0 Å². The Kier molecular flexibility index (Phi) is 7.91. The quantitative estimate of drug-likeness (QED) is 0.417. The summed E-state index contributed by atoms with van der Waals surface area (Å²) in [6, 6.07) is 4.73. The molecule has 0 aliphatic carbocycles. The Morgan fingerprint density at radius 3 is 2.74 bits per heavy atom. The van der Waals surface area contributed by atoms with E-state index in [9.17, 15) is 0 Å². The van der Waals surface area contributed by atoms with Crippen molar-refractivity contribution < 1.29 is 0 Å². The zero-order valence-electron chi connectivity index (χ0n) is 13.6. The third kappa shape index (κ3) is 5.21. The number of guanidine groups is 1. The van der Waals surface area contributed by atoms with Gasteiger partial charge in [-0.15, -0.1) is 35.3 Å².